The minimum atomic E-state index is -0.364. The third-order valence-corrected chi connectivity index (χ3v) is 5.66. The summed E-state index contributed by atoms with van der Waals surface area (Å²) in [6, 6.07) is 21.8. The minimum absolute atomic E-state index is 0.0349. The highest BCUT2D eigenvalue weighted by Crippen LogP contribution is 2.40. The van der Waals surface area contributed by atoms with Crippen LogP contribution in [0.4, 0.5) is 0 Å². The maximum atomic E-state index is 13.2. The Kier molecular flexibility index (Phi) is 5.21. The molecular formula is C24H23NO4. The van der Waals surface area contributed by atoms with Gasteiger partial charge in [-0.25, -0.2) is 0 Å². The summed E-state index contributed by atoms with van der Waals surface area (Å²) in [5.74, 6) is -0.156. The van der Waals surface area contributed by atoms with E-state index in [-0.39, 0.29) is 28.3 Å². The Bertz CT molecular complexity index is 1000. The monoisotopic (exact) mass is 389 g/mol. The van der Waals surface area contributed by atoms with E-state index in [0.717, 1.165) is 12.8 Å². The molecular weight excluding hydrogens is 366 g/mol. The normalized spacial score (nSPS) is 15.7. The minimum Gasteiger partial charge on any atom is -0.490 e. The van der Waals surface area contributed by atoms with Crippen LogP contribution in [0, 0.1) is 0 Å². The fourth-order valence-corrected chi connectivity index (χ4v) is 4.20. The SMILES string of the molecule is COc1coc(C(=O)N2CCCC(c3ccccc3)(c3ccccc3)C2)cc1=O. The molecule has 29 heavy (non-hydrogen) atoms. The van der Waals surface area contributed by atoms with Gasteiger partial charge < -0.3 is 14.1 Å². The number of hydrogen-bond acceptors (Lipinski definition) is 4. The lowest BCUT2D eigenvalue weighted by atomic mass is 9.69. The fourth-order valence-electron chi connectivity index (χ4n) is 4.20. The van der Waals surface area contributed by atoms with E-state index in [1.54, 1.807) is 4.90 Å². The summed E-state index contributed by atoms with van der Waals surface area (Å²) in [4.78, 5) is 27.0. The van der Waals surface area contributed by atoms with E-state index in [2.05, 4.69) is 24.3 Å². The van der Waals surface area contributed by atoms with Crippen LogP contribution >= 0.6 is 0 Å². The second-order valence-electron chi connectivity index (χ2n) is 7.32. The summed E-state index contributed by atoms with van der Waals surface area (Å²) >= 11 is 0. The Morgan fingerprint density at radius 3 is 2.21 bits per heavy atom. The van der Waals surface area contributed by atoms with E-state index in [1.807, 2.05) is 36.4 Å². The summed E-state index contributed by atoms with van der Waals surface area (Å²) in [6.45, 7) is 1.14. The van der Waals surface area contributed by atoms with Crippen LogP contribution < -0.4 is 10.2 Å². The van der Waals surface area contributed by atoms with Crippen LogP contribution in [-0.4, -0.2) is 31.0 Å². The lowest BCUT2D eigenvalue weighted by Gasteiger charge is -2.43. The van der Waals surface area contributed by atoms with E-state index < -0.39 is 0 Å². The van der Waals surface area contributed by atoms with Gasteiger partial charge in [-0.1, -0.05) is 60.7 Å². The first kappa shape index (κ1) is 19.0. The third-order valence-electron chi connectivity index (χ3n) is 5.66. The van der Waals surface area contributed by atoms with Crippen molar-refractivity contribution in [2.45, 2.75) is 18.3 Å². The van der Waals surface area contributed by atoms with Crippen molar-refractivity contribution >= 4 is 5.91 Å². The molecule has 0 radical (unpaired) electrons. The molecule has 2 aromatic carbocycles. The third kappa shape index (κ3) is 3.56. The van der Waals surface area contributed by atoms with Crippen molar-refractivity contribution < 1.29 is 13.9 Å². The molecule has 4 rings (SSSR count). The van der Waals surface area contributed by atoms with Gasteiger partial charge in [-0.15, -0.1) is 0 Å². The Morgan fingerprint density at radius 2 is 1.66 bits per heavy atom. The molecule has 1 aliphatic rings. The molecule has 2 heterocycles. The summed E-state index contributed by atoms with van der Waals surface area (Å²) in [5, 5.41) is 0. The van der Waals surface area contributed by atoms with Crippen molar-refractivity contribution in [3.8, 4) is 5.75 Å². The number of piperidine rings is 1. The summed E-state index contributed by atoms with van der Waals surface area (Å²) in [6.07, 6.45) is 2.99. The molecule has 0 aliphatic carbocycles. The van der Waals surface area contributed by atoms with Crippen LogP contribution in [0.15, 0.2) is 82.2 Å². The number of carbonyl (C=O) groups is 1. The molecule has 0 spiro atoms. The van der Waals surface area contributed by atoms with Crippen LogP contribution in [0.3, 0.4) is 0 Å². The molecule has 5 nitrogen and oxygen atoms in total. The fraction of sp³-hybridized carbons (Fsp3) is 0.250. The van der Waals surface area contributed by atoms with Crippen molar-refractivity contribution in [2.75, 3.05) is 20.2 Å². The molecule has 1 saturated heterocycles. The van der Waals surface area contributed by atoms with E-state index >= 15 is 0 Å². The summed E-state index contributed by atoms with van der Waals surface area (Å²) in [7, 11) is 1.40. The molecule has 0 saturated carbocycles. The van der Waals surface area contributed by atoms with Crippen molar-refractivity contribution in [1.82, 2.24) is 4.90 Å². The molecule has 1 amide bonds. The highest BCUT2D eigenvalue weighted by atomic mass is 16.5. The number of amides is 1. The quantitative estimate of drug-likeness (QED) is 0.680. The number of rotatable bonds is 4. The largest absolute Gasteiger partial charge is 0.490 e. The van der Waals surface area contributed by atoms with E-state index in [1.165, 1.54) is 30.6 Å². The average Bonchev–Trinajstić information content (AvgIpc) is 2.79. The molecule has 3 aromatic rings. The van der Waals surface area contributed by atoms with Crippen LogP contribution in [0.25, 0.3) is 0 Å². The van der Waals surface area contributed by atoms with Gasteiger partial charge in [0.1, 0.15) is 6.26 Å². The lowest BCUT2D eigenvalue weighted by molar-refractivity contribution is 0.0631. The highest BCUT2D eigenvalue weighted by Gasteiger charge is 2.40. The smallest absolute Gasteiger partial charge is 0.289 e. The predicted molar refractivity (Wildman–Crippen MR) is 110 cm³/mol. The number of methoxy groups -OCH3 is 1. The first-order valence-corrected chi connectivity index (χ1v) is 9.71. The summed E-state index contributed by atoms with van der Waals surface area (Å²) in [5.41, 5.74) is 1.69. The molecule has 1 fully saturated rings. The molecule has 5 heteroatoms. The maximum absolute atomic E-state index is 13.2. The highest BCUT2D eigenvalue weighted by molar-refractivity contribution is 5.91. The predicted octanol–water partition coefficient (Wildman–Crippen LogP) is 3.87. The number of likely N-dealkylation sites (tertiary alicyclic amines) is 1. The van der Waals surface area contributed by atoms with Crippen LogP contribution in [0.2, 0.25) is 0 Å². The van der Waals surface area contributed by atoms with Gasteiger partial charge in [-0.3, -0.25) is 9.59 Å². The molecule has 1 aliphatic heterocycles. The molecule has 0 bridgehead atoms. The van der Waals surface area contributed by atoms with Gasteiger partial charge in [0.2, 0.25) is 11.2 Å². The van der Waals surface area contributed by atoms with Crippen LogP contribution in [0.5, 0.6) is 5.75 Å². The Morgan fingerprint density at radius 1 is 1.03 bits per heavy atom. The van der Waals surface area contributed by atoms with Gasteiger partial charge in [0, 0.05) is 24.6 Å². The zero-order chi connectivity index (χ0) is 20.3. The first-order valence-electron chi connectivity index (χ1n) is 9.71. The van der Waals surface area contributed by atoms with Gasteiger partial charge in [-0.05, 0) is 24.0 Å². The van der Waals surface area contributed by atoms with Gasteiger partial charge in [-0.2, -0.15) is 0 Å². The zero-order valence-corrected chi connectivity index (χ0v) is 16.3. The standard InChI is InChI=1S/C24H23NO4/c1-28-22-16-29-21(15-20(22)26)23(27)25-14-8-13-24(17-25,18-9-4-2-5-10-18)19-11-6-3-7-12-19/h2-7,9-12,15-16H,8,13-14,17H2,1H3. The van der Waals surface area contributed by atoms with E-state index in [4.69, 9.17) is 9.15 Å². The van der Waals surface area contributed by atoms with Crippen molar-refractivity contribution in [3.05, 3.63) is 100 Å². The second-order valence-corrected chi connectivity index (χ2v) is 7.32. The number of carbonyl (C=O) groups excluding carboxylic acids is 1. The van der Waals surface area contributed by atoms with Crippen LogP contribution in [-0.2, 0) is 5.41 Å². The molecule has 0 N–H and O–H groups in total. The molecule has 0 unspecified atom stereocenters. The second kappa shape index (κ2) is 7.95. The van der Waals surface area contributed by atoms with E-state index in [9.17, 15) is 9.59 Å². The number of nitrogens with zero attached hydrogens (tertiary/aromatic N) is 1. The zero-order valence-electron chi connectivity index (χ0n) is 16.3. The first-order chi connectivity index (χ1) is 14.1. The van der Waals surface area contributed by atoms with Gasteiger partial charge in [0.05, 0.1) is 7.11 Å². The lowest BCUT2D eigenvalue weighted by Crippen LogP contribution is -2.49. The van der Waals surface area contributed by atoms with Gasteiger partial charge >= 0.3 is 0 Å². The molecule has 148 valence electrons. The number of benzene rings is 2. The van der Waals surface area contributed by atoms with Gasteiger partial charge in [0.25, 0.3) is 5.91 Å². The molecule has 0 atom stereocenters. The van der Waals surface area contributed by atoms with Crippen molar-refractivity contribution in [3.63, 3.8) is 0 Å². The van der Waals surface area contributed by atoms with E-state index in [0.29, 0.717) is 13.1 Å². The number of ether oxygens (including phenoxy) is 1. The Labute approximate surface area is 169 Å². The maximum Gasteiger partial charge on any atom is 0.289 e. The number of hydrogen-bond donors (Lipinski definition) is 0. The summed E-state index contributed by atoms with van der Waals surface area (Å²) < 4.78 is 10.4. The molecule has 1 aromatic heterocycles. The van der Waals surface area contributed by atoms with Gasteiger partial charge in [0.15, 0.2) is 5.76 Å². The Hall–Kier alpha value is -3.34. The van der Waals surface area contributed by atoms with Crippen LogP contribution in [0.1, 0.15) is 34.5 Å². The van der Waals surface area contributed by atoms with Crippen molar-refractivity contribution in [2.24, 2.45) is 0 Å². The topological polar surface area (TPSA) is 59.8 Å². The Balaban J connectivity index is 1.71. The average molecular weight is 389 g/mol. The van der Waals surface area contributed by atoms with Crippen molar-refractivity contribution in [1.29, 1.82) is 0 Å².